The summed E-state index contributed by atoms with van der Waals surface area (Å²) in [4.78, 5) is 10.8. The van der Waals surface area contributed by atoms with Crippen molar-refractivity contribution < 1.29 is 15.0 Å². The van der Waals surface area contributed by atoms with Crippen molar-refractivity contribution in [3.05, 3.63) is 12.7 Å². The minimum absolute atomic E-state index is 0.147. The largest absolute Gasteiger partial charge is 0.481 e. The molecule has 2 atom stereocenters. The third-order valence-electron chi connectivity index (χ3n) is 2.52. The monoisotopic (exact) mass is 186 g/mol. The number of carboxylic acid groups (broad SMARTS) is 1. The van der Waals surface area contributed by atoms with Gasteiger partial charge in [-0.1, -0.05) is 26.8 Å². The number of carbonyl (C=O) groups is 1. The second kappa shape index (κ2) is 4.42. The maximum atomic E-state index is 10.8. The van der Waals surface area contributed by atoms with Crippen molar-refractivity contribution >= 4 is 5.97 Å². The van der Waals surface area contributed by atoms with E-state index in [-0.39, 0.29) is 5.92 Å². The lowest BCUT2D eigenvalue weighted by molar-refractivity contribution is -0.151. The van der Waals surface area contributed by atoms with Crippen LogP contribution >= 0.6 is 0 Å². The lowest BCUT2D eigenvalue weighted by atomic mass is 9.77. The van der Waals surface area contributed by atoms with Gasteiger partial charge in [-0.2, -0.15) is 0 Å². The van der Waals surface area contributed by atoms with Crippen LogP contribution in [0, 0.1) is 11.8 Å². The third-order valence-corrected chi connectivity index (χ3v) is 2.52. The van der Waals surface area contributed by atoms with Crippen molar-refractivity contribution in [2.24, 2.45) is 11.8 Å². The van der Waals surface area contributed by atoms with Gasteiger partial charge in [-0.25, -0.2) is 0 Å². The van der Waals surface area contributed by atoms with E-state index in [9.17, 15) is 9.90 Å². The van der Waals surface area contributed by atoms with Crippen LogP contribution in [-0.2, 0) is 4.79 Å². The number of hydrogen-bond donors (Lipinski definition) is 2. The van der Waals surface area contributed by atoms with Crippen molar-refractivity contribution in [3.8, 4) is 0 Å². The minimum Gasteiger partial charge on any atom is -0.481 e. The Bertz CT molecular complexity index is 198. The summed E-state index contributed by atoms with van der Waals surface area (Å²) in [6, 6.07) is 0. The normalized spacial score (nSPS) is 17.9. The number of carboxylic acids is 1. The molecule has 76 valence electrons. The first kappa shape index (κ1) is 12.2. The molecule has 3 nitrogen and oxygen atoms in total. The zero-order valence-electron chi connectivity index (χ0n) is 8.45. The van der Waals surface area contributed by atoms with Gasteiger partial charge in [0.1, 0.15) is 0 Å². The van der Waals surface area contributed by atoms with Gasteiger partial charge >= 0.3 is 5.97 Å². The Morgan fingerprint density at radius 1 is 1.62 bits per heavy atom. The molecule has 0 saturated heterocycles. The summed E-state index contributed by atoms with van der Waals surface area (Å²) in [5.74, 6) is -1.89. The molecule has 0 saturated carbocycles. The first-order valence-electron chi connectivity index (χ1n) is 4.48. The van der Waals surface area contributed by atoms with E-state index in [0.717, 1.165) is 0 Å². The van der Waals surface area contributed by atoms with E-state index in [1.54, 1.807) is 20.8 Å². The minimum atomic E-state index is -1.30. The summed E-state index contributed by atoms with van der Waals surface area (Å²) in [6.45, 7) is 8.81. The molecular formula is C10H18O3. The highest BCUT2D eigenvalue weighted by atomic mass is 16.4. The standard InChI is InChI=1S/C10H18O3/c1-5-8(9(11)12)10(13,6-2)7(3)4/h6-8,13H,2,5H2,1,3-4H3,(H,11,12). The molecular weight excluding hydrogens is 168 g/mol. The second-order valence-electron chi connectivity index (χ2n) is 3.55. The molecule has 0 amide bonds. The van der Waals surface area contributed by atoms with Gasteiger partial charge in [0, 0.05) is 0 Å². The average molecular weight is 186 g/mol. The smallest absolute Gasteiger partial charge is 0.309 e. The van der Waals surface area contributed by atoms with Crippen LogP contribution in [0.2, 0.25) is 0 Å². The molecule has 0 bridgehead atoms. The lowest BCUT2D eigenvalue weighted by Crippen LogP contribution is -2.44. The van der Waals surface area contributed by atoms with Crippen LogP contribution in [0.5, 0.6) is 0 Å². The van der Waals surface area contributed by atoms with Crippen molar-refractivity contribution in [2.45, 2.75) is 32.8 Å². The van der Waals surface area contributed by atoms with Crippen LogP contribution in [0.25, 0.3) is 0 Å². The van der Waals surface area contributed by atoms with Gasteiger partial charge in [0.15, 0.2) is 0 Å². The lowest BCUT2D eigenvalue weighted by Gasteiger charge is -2.33. The molecule has 0 aliphatic rings. The molecule has 0 heterocycles. The number of aliphatic carboxylic acids is 1. The quantitative estimate of drug-likeness (QED) is 0.642. The van der Waals surface area contributed by atoms with Gasteiger partial charge in [-0.05, 0) is 12.3 Å². The van der Waals surface area contributed by atoms with Crippen LogP contribution in [0.1, 0.15) is 27.2 Å². The fourth-order valence-corrected chi connectivity index (χ4v) is 1.48. The van der Waals surface area contributed by atoms with Gasteiger partial charge in [0.2, 0.25) is 0 Å². The molecule has 0 rings (SSSR count). The number of hydrogen-bond acceptors (Lipinski definition) is 2. The van der Waals surface area contributed by atoms with E-state index in [0.29, 0.717) is 6.42 Å². The first-order valence-corrected chi connectivity index (χ1v) is 4.48. The van der Waals surface area contributed by atoms with Gasteiger partial charge in [-0.3, -0.25) is 4.79 Å². The fourth-order valence-electron chi connectivity index (χ4n) is 1.48. The van der Waals surface area contributed by atoms with E-state index in [1.165, 1.54) is 6.08 Å². The topological polar surface area (TPSA) is 57.5 Å². The van der Waals surface area contributed by atoms with E-state index >= 15 is 0 Å². The van der Waals surface area contributed by atoms with Gasteiger partial charge in [-0.15, -0.1) is 6.58 Å². The molecule has 0 radical (unpaired) electrons. The Morgan fingerprint density at radius 3 is 2.15 bits per heavy atom. The predicted molar refractivity (Wildman–Crippen MR) is 51.4 cm³/mol. The Labute approximate surface area is 79.1 Å². The zero-order valence-corrected chi connectivity index (χ0v) is 8.45. The third kappa shape index (κ3) is 2.31. The van der Waals surface area contributed by atoms with Crippen LogP contribution in [0.15, 0.2) is 12.7 Å². The second-order valence-corrected chi connectivity index (χ2v) is 3.55. The molecule has 0 aromatic rings. The SMILES string of the molecule is C=CC(O)(C(C)C)C(CC)C(=O)O. The number of aliphatic hydroxyl groups is 1. The molecule has 0 aromatic heterocycles. The van der Waals surface area contributed by atoms with Gasteiger partial charge < -0.3 is 10.2 Å². The summed E-state index contributed by atoms with van der Waals surface area (Å²) in [7, 11) is 0. The summed E-state index contributed by atoms with van der Waals surface area (Å²) in [6.07, 6.45) is 1.73. The van der Waals surface area contributed by atoms with Crippen molar-refractivity contribution in [3.63, 3.8) is 0 Å². The molecule has 0 fully saturated rings. The van der Waals surface area contributed by atoms with E-state index in [4.69, 9.17) is 5.11 Å². The summed E-state index contributed by atoms with van der Waals surface area (Å²) in [5.41, 5.74) is -1.30. The Balaban J connectivity index is 4.91. The van der Waals surface area contributed by atoms with Crippen molar-refractivity contribution in [2.75, 3.05) is 0 Å². The summed E-state index contributed by atoms with van der Waals surface area (Å²) in [5, 5.41) is 18.9. The maximum Gasteiger partial charge on any atom is 0.309 e. The molecule has 0 spiro atoms. The fraction of sp³-hybridized carbons (Fsp3) is 0.700. The van der Waals surface area contributed by atoms with Crippen LogP contribution < -0.4 is 0 Å². The van der Waals surface area contributed by atoms with Gasteiger partial charge in [0.05, 0.1) is 11.5 Å². The van der Waals surface area contributed by atoms with Crippen molar-refractivity contribution in [1.82, 2.24) is 0 Å². The highest BCUT2D eigenvalue weighted by molar-refractivity contribution is 5.72. The summed E-state index contributed by atoms with van der Waals surface area (Å²) < 4.78 is 0. The maximum absolute atomic E-state index is 10.8. The molecule has 2 N–H and O–H groups in total. The van der Waals surface area contributed by atoms with Crippen LogP contribution in [0.3, 0.4) is 0 Å². The van der Waals surface area contributed by atoms with E-state index in [1.807, 2.05) is 0 Å². The van der Waals surface area contributed by atoms with Crippen molar-refractivity contribution in [1.29, 1.82) is 0 Å². The zero-order chi connectivity index (χ0) is 10.6. The van der Waals surface area contributed by atoms with E-state index < -0.39 is 17.5 Å². The van der Waals surface area contributed by atoms with E-state index in [2.05, 4.69) is 6.58 Å². The Kier molecular flexibility index (Phi) is 4.14. The summed E-state index contributed by atoms with van der Waals surface area (Å²) >= 11 is 0. The molecule has 13 heavy (non-hydrogen) atoms. The van der Waals surface area contributed by atoms with Gasteiger partial charge in [0.25, 0.3) is 0 Å². The number of rotatable bonds is 5. The van der Waals surface area contributed by atoms with Crippen LogP contribution in [0.4, 0.5) is 0 Å². The highest BCUT2D eigenvalue weighted by Crippen LogP contribution is 2.30. The van der Waals surface area contributed by atoms with Crippen LogP contribution in [-0.4, -0.2) is 21.8 Å². The molecule has 2 unspecified atom stereocenters. The Morgan fingerprint density at radius 2 is 2.08 bits per heavy atom. The molecule has 3 heteroatoms. The molecule has 0 aromatic carbocycles. The highest BCUT2D eigenvalue weighted by Gasteiger charge is 2.40. The molecule has 0 aliphatic heterocycles. The Hall–Kier alpha value is -0.830. The molecule has 0 aliphatic carbocycles. The average Bonchev–Trinajstić information content (AvgIpc) is 2.04. The first-order chi connectivity index (χ1) is 5.90. The predicted octanol–water partition coefficient (Wildman–Crippen LogP) is 1.67.